The van der Waals surface area contributed by atoms with Crippen LogP contribution < -0.4 is 0 Å². The molecule has 132 heavy (non-hydrogen) atoms. The van der Waals surface area contributed by atoms with Crippen LogP contribution in [0.2, 0.25) is 0 Å². The number of benzene rings is 1. The van der Waals surface area contributed by atoms with Crippen LogP contribution in [0.25, 0.3) is 0 Å². The fourth-order valence-corrected chi connectivity index (χ4v) is 33.7. The van der Waals surface area contributed by atoms with Gasteiger partial charge in [-0.05, 0) is 415 Å². The average Bonchev–Trinajstić information content (AvgIpc) is 0.781. The Labute approximate surface area is 798 Å². The summed E-state index contributed by atoms with van der Waals surface area (Å²) in [6, 6.07) is 6.92. The Kier molecular flexibility index (Phi) is 29.9. The summed E-state index contributed by atoms with van der Waals surface area (Å²) in [5.41, 5.74) is 19.0. The van der Waals surface area contributed by atoms with Gasteiger partial charge in [0.15, 0.2) is 0 Å². The van der Waals surface area contributed by atoms with Gasteiger partial charge in [-0.3, -0.25) is 28.8 Å². The van der Waals surface area contributed by atoms with Crippen LogP contribution in [-0.2, 0) is 40.6 Å². The largest absolute Gasteiger partial charge is 0.481 e. The summed E-state index contributed by atoms with van der Waals surface area (Å²) in [6.45, 7) is 55.0. The standard InChI is InChI=1S/4C20H30O2.C20H28O2.C20H30O2/c5*1-13(2)14-6-8-16-15(12-14)7-9-17-19(16,3)10-5-11-20(17,4)18(21)22;1-5-18(2)12-9-15-14(13-18)7-8-16-19(15,3)10-6-11-20(16,4)17(21)22/h12,16-17H,5-11H2,1-4H3,(H,21,22);12-13,17H,5-11H2,1-4H3,(H,21,22);7,12-13,16-17H,5-6,8-11H2,1-4H3,(H,21,22);6,12-13,16-17H,5,7-11H2,1-4H3,(H,21,22);6,8,12-13,17H,5,7,9-11H2,1-4H3,(H,21,22);5,13,15-16H,1,6-12H2,2-4H3,(H,21,22). The van der Waals surface area contributed by atoms with Crippen molar-refractivity contribution in [1.29, 1.82) is 0 Å². The smallest absolute Gasteiger partial charge is 0.309 e. The molecule has 0 aliphatic heterocycles. The first-order chi connectivity index (χ1) is 61.7. The number of rotatable bonds is 11. The van der Waals surface area contributed by atoms with Crippen LogP contribution in [0.1, 0.15) is 419 Å². The van der Waals surface area contributed by atoms with Gasteiger partial charge in [0.25, 0.3) is 0 Å². The quantitative estimate of drug-likeness (QED) is 0.114. The highest BCUT2D eigenvalue weighted by Gasteiger charge is 2.64. The SMILES string of the molecule is C=CC1(C)C=C2CCC3C(C)(C(=O)O)CCCC3(C)C2CC1.CC(C)=C1C=C2CCC3C(C)(C(=O)O)CCCC3(C)C2CC1.CC(C)C1=CC2=C(CC1)C1(C)CCCC(C)(C(=O)O)C1CC2.CC(C)C1=CC2=CCC3C(C)(C(=O)O)CCCC3(C)C2CC1.CC(C)C1=CCC2C(=C1)CCC1C(C)(C(=O)O)CCCC21C.CC(C)c1ccc2c(c1)CCC1C(C)(C(=O)O)CCCC21C. The Balaban J connectivity index is 0.000000135. The fraction of sp³-hybridized carbons (Fsp3) is 0.733. The van der Waals surface area contributed by atoms with Crippen LogP contribution in [0.4, 0.5) is 0 Å². The van der Waals surface area contributed by atoms with E-state index in [0.29, 0.717) is 71.0 Å². The molecule has 730 valence electrons. The minimum atomic E-state index is -0.606. The highest BCUT2D eigenvalue weighted by molar-refractivity contribution is 5.78. The van der Waals surface area contributed by atoms with E-state index in [1.807, 2.05) is 41.5 Å². The van der Waals surface area contributed by atoms with E-state index in [4.69, 9.17) is 0 Å². The molecule has 1 aromatic rings. The van der Waals surface area contributed by atoms with Gasteiger partial charge in [0, 0.05) is 5.41 Å². The summed E-state index contributed by atoms with van der Waals surface area (Å²) in [4.78, 5) is 71.7. The molecule has 0 amide bonds. The summed E-state index contributed by atoms with van der Waals surface area (Å²) in [6.07, 6.45) is 59.6. The number of carboxylic acid groups (broad SMARTS) is 6. The first kappa shape index (κ1) is 103. The number of aryl methyl sites for hydroxylation is 1. The van der Waals surface area contributed by atoms with E-state index in [2.05, 4.69) is 191 Å². The van der Waals surface area contributed by atoms with Crippen molar-refractivity contribution in [3.63, 3.8) is 0 Å². The topological polar surface area (TPSA) is 224 Å². The summed E-state index contributed by atoms with van der Waals surface area (Å²) in [7, 11) is 0. The summed E-state index contributed by atoms with van der Waals surface area (Å²) >= 11 is 0. The molecule has 0 heterocycles. The van der Waals surface area contributed by atoms with Crippen molar-refractivity contribution in [2.45, 2.75) is 415 Å². The van der Waals surface area contributed by atoms with Crippen molar-refractivity contribution in [2.24, 2.45) is 142 Å². The van der Waals surface area contributed by atoms with Crippen LogP contribution in [0, 0.1) is 142 Å². The molecule has 1 aromatic carbocycles. The van der Waals surface area contributed by atoms with Crippen LogP contribution >= 0.6 is 0 Å². The van der Waals surface area contributed by atoms with Crippen LogP contribution in [0.5, 0.6) is 0 Å². The number of carboxylic acids is 6. The van der Waals surface area contributed by atoms with Crippen molar-refractivity contribution in [3.8, 4) is 0 Å². The predicted octanol–water partition coefficient (Wildman–Crippen LogP) is 31.2. The third-order valence-corrected chi connectivity index (χ3v) is 42.1. The number of allylic oxidation sites excluding steroid dienone is 19. The van der Waals surface area contributed by atoms with E-state index in [-0.39, 0.29) is 49.7 Å². The number of carbonyl (C=O) groups is 6. The lowest BCUT2D eigenvalue weighted by atomic mass is 9.45. The lowest BCUT2D eigenvalue weighted by Crippen LogP contribution is -2.54. The molecule has 18 rings (SSSR count). The maximum absolute atomic E-state index is 12.0. The molecule has 17 aliphatic rings. The highest BCUT2D eigenvalue weighted by Crippen LogP contribution is 2.70. The number of aliphatic carboxylic acids is 6. The zero-order chi connectivity index (χ0) is 96.8. The predicted molar refractivity (Wildman–Crippen MR) is 537 cm³/mol. The molecule has 0 aromatic heterocycles. The summed E-state index contributed by atoms with van der Waals surface area (Å²) < 4.78 is 0. The van der Waals surface area contributed by atoms with Gasteiger partial charge in [0.2, 0.25) is 0 Å². The normalized spacial score (nSPS) is 40.7. The molecule has 9 fully saturated rings. The van der Waals surface area contributed by atoms with Gasteiger partial charge < -0.3 is 30.6 Å². The summed E-state index contributed by atoms with van der Waals surface area (Å²) in [5.74, 6) is 3.03. The molecular weight excluding hydrogens is 1630 g/mol. The average molecular weight is 1810 g/mol. The van der Waals surface area contributed by atoms with Gasteiger partial charge in [-0.2, -0.15) is 0 Å². The van der Waals surface area contributed by atoms with E-state index in [1.54, 1.807) is 39.0 Å². The lowest BCUT2D eigenvalue weighted by molar-refractivity contribution is -0.165. The molecule has 0 radical (unpaired) electrons. The third kappa shape index (κ3) is 18.2. The van der Waals surface area contributed by atoms with E-state index in [9.17, 15) is 59.4 Å². The second-order valence-electron chi connectivity index (χ2n) is 50.9. The Hall–Kier alpha value is -6.56. The molecule has 0 saturated heterocycles. The summed E-state index contributed by atoms with van der Waals surface area (Å²) in [5, 5.41) is 59.0. The van der Waals surface area contributed by atoms with Crippen molar-refractivity contribution in [1.82, 2.24) is 0 Å². The molecule has 0 spiro atoms. The maximum atomic E-state index is 12.0. The molecule has 17 aliphatic carbocycles. The van der Waals surface area contributed by atoms with Crippen LogP contribution in [0.15, 0.2) is 135 Å². The molecule has 12 heteroatoms. The minimum Gasteiger partial charge on any atom is -0.481 e. The van der Waals surface area contributed by atoms with Gasteiger partial charge in [-0.1, -0.05) is 248 Å². The van der Waals surface area contributed by atoms with Crippen molar-refractivity contribution in [2.75, 3.05) is 0 Å². The lowest BCUT2D eigenvalue weighted by Gasteiger charge is -2.59. The second kappa shape index (κ2) is 38.3. The van der Waals surface area contributed by atoms with Crippen molar-refractivity contribution < 1.29 is 59.4 Å². The Morgan fingerprint density at radius 3 is 1.26 bits per heavy atom. The third-order valence-electron chi connectivity index (χ3n) is 42.1. The van der Waals surface area contributed by atoms with Gasteiger partial charge >= 0.3 is 35.8 Å². The van der Waals surface area contributed by atoms with Crippen LogP contribution in [-0.4, -0.2) is 66.5 Å². The number of hydrogen-bond acceptors (Lipinski definition) is 6. The van der Waals surface area contributed by atoms with Gasteiger partial charge in [-0.15, -0.1) is 6.58 Å². The molecule has 9 saturated carbocycles. The Bertz CT molecular complexity index is 4850. The van der Waals surface area contributed by atoms with Crippen LogP contribution in [0.3, 0.4) is 0 Å². The fourth-order valence-electron chi connectivity index (χ4n) is 33.7. The number of fused-ring (bicyclic) bond motifs is 17. The van der Waals surface area contributed by atoms with Crippen molar-refractivity contribution in [3.05, 3.63) is 151 Å². The number of hydrogen-bond donors (Lipinski definition) is 6. The Morgan fingerprint density at radius 2 is 0.780 bits per heavy atom. The van der Waals surface area contributed by atoms with E-state index < -0.39 is 68.3 Å². The second-order valence-corrected chi connectivity index (χ2v) is 50.9. The van der Waals surface area contributed by atoms with E-state index in [1.165, 1.54) is 110 Å². The van der Waals surface area contributed by atoms with Gasteiger partial charge in [0.05, 0.1) is 32.5 Å². The molecular formula is C120H178O12. The molecule has 6 N–H and O–H groups in total. The van der Waals surface area contributed by atoms with E-state index in [0.717, 1.165) is 173 Å². The molecule has 0 bridgehead atoms. The van der Waals surface area contributed by atoms with Gasteiger partial charge in [0.1, 0.15) is 0 Å². The molecule has 23 atom stereocenters. The maximum Gasteiger partial charge on any atom is 0.309 e. The molecule has 23 unspecified atom stereocenters. The first-order valence-electron chi connectivity index (χ1n) is 53.2. The zero-order valence-corrected chi connectivity index (χ0v) is 86.6. The van der Waals surface area contributed by atoms with E-state index >= 15 is 0 Å². The van der Waals surface area contributed by atoms with Crippen molar-refractivity contribution >= 4 is 35.8 Å². The monoisotopic (exact) mass is 1810 g/mol. The van der Waals surface area contributed by atoms with Gasteiger partial charge in [-0.25, -0.2) is 0 Å². The molecule has 12 nitrogen and oxygen atoms in total. The highest BCUT2D eigenvalue weighted by atomic mass is 16.4. The Morgan fingerprint density at radius 1 is 0.364 bits per heavy atom. The first-order valence-corrected chi connectivity index (χ1v) is 53.2. The zero-order valence-electron chi connectivity index (χ0n) is 86.6. The minimum absolute atomic E-state index is 0.0223.